The molecule has 5 rings (SSSR count). The summed E-state index contributed by atoms with van der Waals surface area (Å²) in [5.74, 6) is 2.98. The molecule has 0 aliphatic carbocycles. The number of aromatic nitrogens is 5. The first-order valence-electron chi connectivity index (χ1n) is 9.92. The summed E-state index contributed by atoms with van der Waals surface area (Å²) in [6.45, 7) is 4.56. The number of hydrogen-bond acceptors (Lipinski definition) is 7. The molecule has 0 radical (unpaired) electrons. The van der Waals surface area contributed by atoms with E-state index in [1.165, 1.54) is 6.33 Å². The van der Waals surface area contributed by atoms with E-state index in [0.717, 1.165) is 45.1 Å². The molecule has 8 nitrogen and oxygen atoms in total. The molecule has 0 bridgehead atoms. The molecule has 31 heavy (non-hydrogen) atoms. The van der Waals surface area contributed by atoms with E-state index in [4.69, 9.17) is 9.47 Å². The number of hydrogen-bond donors (Lipinski definition) is 1. The van der Waals surface area contributed by atoms with Gasteiger partial charge in [-0.05, 0) is 61.9 Å². The molecule has 2 aromatic carbocycles. The Balaban J connectivity index is 1.40. The fourth-order valence-electron chi connectivity index (χ4n) is 3.36. The summed E-state index contributed by atoms with van der Waals surface area (Å²) in [6.07, 6.45) is 4.88. The van der Waals surface area contributed by atoms with Crippen LogP contribution in [-0.4, -0.2) is 31.2 Å². The van der Waals surface area contributed by atoms with Crippen LogP contribution in [-0.2, 0) is 0 Å². The lowest BCUT2D eigenvalue weighted by Gasteiger charge is -2.13. The van der Waals surface area contributed by atoms with E-state index in [0.29, 0.717) is 12.4 Å². The van der Waals surface area contributed by atoms with Gasteiger partial charge in [0.25, 0.3) is 0 Å². The lowest BCUT2D eigenvalue weighted by atomic mass is 10.2. The van der Waals surface area contributed by atoms with Crippen molar-refractivity contribution in [3.05, 3.63) is 72.9 Å². The summed E-state index contributed by atoms with van der Waals surface area (Å²) in [7, 11) is 0. The second-order valence-corrected chi connectivity index (χ2v) is 6.97. The van der Waals surface area contributed by atoms with E-state index in [2.05, 4.69) is 25.4 Å². The fourth-order valence-corrected chi connectivity index (χ4v) is 3.36. The van der Waals surface area contributed by atoms with E-state index < -0.39 is 0 Å². The molecule has 0 fully saturated rings. The Morgan fingerprint density at radius 1 is 0.935 bits per heavy atom. The van der Waals surface area contributed by atoms with Crippen molar-refractivity contribution < 1.29 is 9.47 Å². The monoisotopic (exact) mass is 412 g/mol. The Morgan fingerprint density at radius 3 is 2.74 bits per heavy atom. The van der Waals surface area contributed by atoms with Crippen molar-refractivity contribution in [2.24, 2.45) is 0 Å². The molecule has 0 spiro atoms. The smallest absolute Gasteiger partial charge is 0.158 e. The number of nitrogens with zero attached hydrogens (tertiary/aromatic N) is 5. The molecule has 1 N–H and O–H groups in total. The Kier molecular flexibility index (Phi) is 4.80. The molecule has 0 aliphatic heterocycles. The average Bonchev–Trinajstić information content (AvgIpc) is 3.24. The first-order valence-corrected chi connectivity index (χ1v) is 9.92. The van der Waals surface area contributed by atoms with Gasteiger partial charge in [-0.25, -0.2) is 19.5 Å². The van der Waals surface area contributed by atoms with Crippen LogP contribution in [0.15, 0.2) is 67.4 Å². The molecule has 154 valence electrons. The van der Waals surface area contributed by atoms with Crippen molar-refractivity contribution in [3.8, 4) is 17.2 Å². The van der Waals surface area contributed by atoms with E-state index >= 15 is 0 Å². The predicted octanol–water partition coefficient (Wildman–Crippen LogP) is 4.92. The van der Waals surface area contributed by atoms with Crippen molar-refractivity contribution in [1.82, 2.24) is 24.6 Å². The number of aryl methyl sites for hydroxylation is 1. The van der Waals surface area contributed by atoms with Gasteiger partial charge in [0, 0.05) is 23.3 Å². The Labute approximate surface area is 178 Å². The third-order valence-corrected chi connectivity index (χ3v) is 4.84. The summed E-state index contributed by atoms with van der Waals surface area (Å²) in [5.41, 5.74) is 3.47. The maximum absolute atomic E-state index is 6.05. The Hall–Kier alpha value is -4.20. The average molecular weight is 412 g/mol. The minimum atomic E-state index is 0.604. The van der Waals surface area contributed by atoms with Crippen LogP contribution < -0.4 is 14.8 Å². The highest BCUT2D eigenvalue weighted by atomic mass is 16.5. The van der Waals surface area contributed by atoms with Gasteiger partial charge in [0.2, 0.25) is 0 Å². The molecular formula is C23H20N6O2. The molecule has 0 amide bonds. The van der Waals surface area contributed by atoms with Gasteiger partial charge in [0.05, 0.1) is 12.1 Å². The van der Waals surface area contributed by atoms with Crippen LogP contribution in [0, 0.1) is 6.92 Å². The molecule has 5 aromatic rings. The molecule has 8 heteroatoms. The molecule has 3 aromatic heterocycles. The predicted molar refractivity (Wildman–Crippen MR) is 118 cm³/mol. The highest BCUT2D eigenvalue weighted by molar-refractivity contribution is 5.91. The van der Waals surface area contributed by atoms with E-state index in [1.807, 2.05) is 68.6 Å². The topological polar surface area (TPSA) is 86.5 Å². The zero-order valence-corrected chi connectivity index (χ0v) is 17.1. The largest absolute Gasteiger partial charge is 0.494 e. The Morgan fingerprint density at radius 2 is 1.87 bits per heavy atom. The summed E-state index contributed by atoms with van der Waals surface area (Å²) in [6, 6.07) is 15.4. The zero-order valence-electron chi connectivity index (χ0n) is 17.1. The number of pyridine rings is 1. The minimum absolute atomic E-state index is 0.604. The number of nitrogens with one attached hydrogen (secondary N) is 1. The maximum atomic E-state index is 6.05. The molecule has 0 aliphatic rings. The lowest BCUT2D eigenvalue weighted by Crippen LogP contribution is -1.98. The van der Waals surface area contributed by atoms with Crippen LogP contribution in [0.5, 0.6) is 17.2 Å². The van der Waals surface area contributed by atoms with Crippen LogP contribution in [0.1, 0.15) is 12.5 Å². The van der Waals surface area contributed by atoms with Crippen LogP contribution in [0.3, 0.4) is 0 Å². The molecule has 3 heterocycles. The van der Waals surface area contributed by atoms with Crippen LogP contribution >= 0.6 is 0 Å². The fraction of sp³-hybridized carbons (Fsp3) is 0.130. The lowest BCUT2D eigenvalue weighted by molar-refractivity contribution is 0.340. The highest BCUT2D eigenvalue weighted by Gasteiger charge is 2.09. The number of rotatable bonds is 6. The summed E-state index contributed by atoms with van der Waals surface area (Å²) in [4.78, 5) is 13.0. The third kappa shape index (κ3) is 3.83. The van der Waals surface area contributed by atoms with Crippen molar-refractivity contribution in [2.75, 3.05) is 11.9 Å². The van der Waals surface area contributed by atoms with Gasteiger partial charge >= 0.3 is 0 Å². The normalized spacial score (nSPS) is 11.0. The minimum Gasteiger partial charge on any atom is -0.494 e. The quantitative estimate of drug-likeness (QED) is 0.424. The van der Waals surface area contributed by atoms with Crippen LogP contribution in [0.25, 0.3) is 16.6 Å². The van der Waals surface area contributed by atoms with Crippen molar-refractivity contribution >= 4 is 28.1 Å². The van der Waals surface area contributed by atoms with Gasteiger partial charge in [0.15, 0.2) is 5.65 Å². The maximum Gasteiger partial charge on any atom is 0.158 e. The van der Waals surface area contributed by atoms with Gasteiger partial charge in [-0.1, -0.05) is 0 Å². The summed E-state index contributed by atoms with van der Waals surface area (Å²) >= 11 is 0. The van der Waals surface area contributed by atoms with Gasteiger partial charge < -0.3 is 14.8 Å². The number of fused-ring (bicyclic) bond motifs is 2. The standard InChI is InChI=1S/C23H20N6O2/c1-3-30-17-5-6-20-19(11-17)23(26-13-24-20)28-16-4-7-21(15(2)10-16)31-18-8-9-29-22(12-18)25-14-27-29/h4-14H,3H2,1-2H3,(H,24,26,28). The van der Waals surface area contributed by atoms with Crippen LogP contribution in [0.4, 0.5) is 11.5 Å². The molecule has 0 saturated carbocycles. The van der Waals surface area contributed by atoms with Gasteiger partial charge in [-0.3, -0.25) is 0 Å². The van der Waals surface area contributed by atoms with E-state index in [9.17, 15) is 0 Å². The highest BCUT2D eigenvalue weighted by Crippen LogP contribution is 2.31. The van der Waals surface area contributed by atoms with Gasteiger partial charge in [0.1, 0.15) is 35.7 Å². The molecular weight excluding hydrogens is 392 g/mol. The first-order chi connectivity index (χ1) is 15.2. The second-order valence-electron chi connectivity index (χ2n) is 6.97. The van der Waals surface area contributed by atoms with E-state index in [-0.39, 0.29) is 0 Å². The summed E-state index contributed by atoms with van der Waals surface area (Å²) in [5, 5.41) is 8.38. The molecule has 0 atom stereocenters. The first kappa shape index (κ1) is 18.8. The zero-order chi connectivity index (χ0) is 21.2. The Bertz CT molecular complexity index is 1380. The van der Waals surface area contributed by atoms with Crippen molar-refractivity contribution in [2.45, 2.75) is 13.8 Å². The second kappa shape index (κ2) is 7.91. The molecule has 0 saturated heterocycles. The third-order valence-electron chi connectivity index (χ3n) is 4.84. The molecule has 0 unspecified atom stereocenters. The van der Waals surface area contributed by atoms with Crippen molar-refractivity contribution in [1.29, 1.82) is 0 Å². The SMILES string of the molecule is CCOc1ccc2ncnc(Nc3ccc(Oc4ccn5ncnc5c4)c(C)c3)c2c1. The number of benzene rings is 2. The van der Waals surface area contributed by atoms with Gasteiger partial charge in [-0.15, -0.1) is 0 Å². The van der Waals surface area contributed by atoms with Gasteiger partial charge in [-0.2, -0.15) is 5.10 Å². The summed E-state index contributed by atoms with van der Waals surface area (Å²) < 4.78 is 13.4. The van der Waals surface area contributed by atoms with Crippen LogP contribution in [0.2, 0.25) is 0 Å². The van der Waals surface area contributed by atoms with E-state index in [1.54, 1.807) is 10.8 Å². The number of anilines is 2. The number of ether oxygens (including phenoxy) is 2. The van der Waals surface area contributed by atoms with Crippen molar-refractivity contribution in [3.63, 3.8) is 0 Å².